The lowest BCUT2D eigenvalue weighted by atomic mass is 9.96. The van der Waals surface area contributed by atoms with E-state index in [0.29, 0.717) is 6.08 Å². The summed E-state index contributed by atoms with van der Waals surface area (Å²) in [5, 5.41) is 249. The van der Waals surface area contributed by atoms with Crippen LogP contribution in [0.5, 0.6) is 0 Å². The van der Waals surface area contributed by atoms with E-state index in [1.54, 1.807) is 0 Å². The molecule has 0 aromatic heterocycles. The van der Waals surface area contributed by atoms with Crippen LogP contribution in [-0.2, 0) is 80.9 Å². The number of rotatable bonds is 24. The molecule has 7 aliphatic rings. The van der Waals surface area contributed by atoms with Crippen LogP contribution < -0.4 is 32.5 Å². The number of amides is 3. The van der Waals surface area contributed by atoms with Gasteiger partial charge in [0.2, 0.25) is 17.7 Å². The summed E-state index contributed by atoms with van der Waals surface area (Å²) in [5.74, 6) is -7.85. The summed E-state index contributed by atoms with van der Waals surface area (Å²) in [6.45, 7) is -4.98. The number of ether oxygens (including phenoxy) is 11. The van der Waals surface area contributed by atoms with Gasteiger partial charge < -0.3 is 211 Å². The van der Waals surface area contributed by atoms with Gasteiger partial charge in [0.1, 0.15) is 159 Å². The van der Waals surface area contributed by atoms with Crippen molar-refractivity contribution in [2.45, 2.75) is 236 Å². The van der Waals surface area contributed by atoms with E-state index in [2.05, 4.69) is 11.5 Å². The predicted molar refractivity (Wildman–Crippen MR) is 293 cm³/mol. The van der Waals surface area contributed by atoms with Gasteiger partial charge in [0, 0.05) is 6.08 Å². The Morgan fingerprint density at radius 1 is 0.381 bits per heavy atom. The van der Waals surface area contributed by atoms with E-state index in [1.165, 1.54) is 19.3 Å². The van der Waals surface area contributed by atoms with Crippen LogP contribution in [0, 0.1) is 0 Å². The van der Waals surface area contributed by atoms with Crippen LogP contribution in [0.4, 0.5) is 0 Å². The number of nitrogens with two attached hydrogens (primary N) is 3. The predicted octanol–water partition coefficient (Wildman–Crippen LogP) is -20.6. The number of aliphatic carboxylic acids is 3. The van der Waals surface area contributed by atoms with Gasteiger partial charge in [-0.1, -0.05) is 26.7 Å². The molecular weight excluding hydrogens is 1340 g/mol. The van der Waals surface area contributed by atoms with Crippen LogP contribution in [0.3, 0.4) is 0 Å². The zero-order valence-electron chi connectivity index (χ0n) is 50.1. The molecular formula is C52H88N3O42-3. The number of carboxylic acid groups (broad SMARTS) is 3. The molecule has 7 fully saturated rings. The Labute approximate surface area is 548 Å². The molecule has 7 rings (SSSR count). The summed E-state index contributed by atoms with van der Waals surface area (Å²) in [7, 11) is 0. The highest BCUT2D eigenvalue weighted by Gasteiger charge is 2.56. The van der Waals surface area contributed by atoms with Crippen molar-refractivity contribution in [1.82, 2.24) is 0 Å². The highest BCUT2D eigenvalue weighted by atomic mass is 16.8. The molecule has 45 heteroatoms. The summed E-state index contributed by atoms with van der Waals surface area (Å²) in [6, 6.07) is 0. The molecule has 1 aliphatic carbocycles. The maximum atomic E-state index is 11.5. The molecule has 6 aliphatic heterocycles. The SMILES string of the molecule is C.C1CC1.NC(=O)C=CC(=O)[O-].NC(=O)CC(O)C(=O)[O-].NC(=O)CC(OC1C(OC2C(CO)OC(OC3C(CO)OC(O)C(O)C3O)C(O)C2O)OC(CO)C(O)C1O)C(=O)[O-].OCC1OC(OC2C(CO)OC(OC3C(CO)OC(O)C(O)C3O)C(O)C2O)C(O)C(O)C1O. The lowest BCUT2D eigenvalue weighted by Crippen LogP contribution is -2.67. The molecule has 32 unspecified atom stereocenters. The average Bonchev–Trinajstić information content (AvgIpc) is 1.50. The van der Waals surface area contributed by atoms with Gasteiger partial charge in [0.25, 0.3) is 0 Å². The van der Waals surface area contributed by atoms with Crippen LogP contribution in [-0.4, -0.2) is 384 Å². The van der Waals surface area contributed by atoms with Crippen molar-refractivity contribution < 1.29 is 209 Å². The van der Waals surface area contributed by atoms with E-state index in [4.69, 9.17) is 62.9 Å². The molecule has 0 bridgehead atoms. The van der Waals surface area contributed by atoms with Crippen LogP contribution in [0.15, 0.2) is 12.2 Å². The van der Waals surface area contributed by atoms with Crippen molar-refractivity contribution in [3.8, 4) is 0 Å². The molecule has 3 amide bonds. The monoisotopic (exact) mass is 1430 g/mol. The number of aliphatic hydroxyl groups is 22. The van der Waals surface area contributed by atoms with Gasteiger partial charge in [-0.3, -0.25) is 14.4 Å². The number of carbonyl (C=O) groups excluding carboxylic acids is 6. The molecule has 45 nitrogen and oxygen atoms in total. The van der Waals surface area contributed by atoms with Crippen molar-refractivity contribution in [3.05, 3.63) is 12.2 Å². The molecule has 97 heavy (non-hydrogen) atoms. The molecule has 0 radical (unpaired) electrons. The maximum Gasteiger partial charge on any atom is 0.241 e. The zero-order chi connectivity index (χ0) is 72.9. The van der Waals surface area contributed by atoms with Crippen molar-refractivity contribution in [2.75, 3.05) is 39.6 Å². The Balaban J connectivity index is 0.000000514. The number of carbonyl (C=O) groups is 6. The summed E-state index contributed by atoms with van der Waals surface area (Å²) in [6.07, 6.45) is -52.0. The van der Waals surface area contributed by atoms with Crippen LogP contribution in [0.25, 0.3) is 0 Å². The van der Waals surface area contributed by atoms with Crippen LogP contribution in [0.2, 0.25) is 0 Å². The van der Waals surface area contributed by atoms with Gasteiger partial charge in [0.05, 0.1) is 70.4 Å². The quantitative estimate of drug-likeness (QED) is 0.0399. The Morgan fingerprint density at radius 3 is 0.969 bits per heavy atom. The van der Waals surface area contributed by atoms with E-state index in [9.17, 15) is 151 Å². The molecule has 0 aromatic carbocycles. The fourth-order valence-electron chi connectivity index (χ4n) is 9.23. The molecule has 6 heterocycles. The number of primary amides is 3. The largest absolute Gasteiger partial charge is 0.547 e. The van der Waals surface area contributed by atoms with Crippen LogP contribution in [0.1, 0.15) is 39.5 Å². The van der Waals surface area contributed by atoms with Crippen LogP contribution >= 0.6 is 0 Å². The lowest BCUT2D eigenvalue weighted by Gasteiger charge is -2.48. The Hall–Kier alpha value is -4.76. The van der Waals surface area contributed by atoms with Crippen molar-refractivity contribution in [2.24, 2.45) is 17.2 Å². The average molecular weight is 1430 g/mol. The van der Waals surface area contributed by atoms with Crippen molar-refractivity contribution in [1.29, 1.82) is 0 Å². The molecule has 32 atom stereocenters. The number of carboxylic acids is 3. The normalized spacial score (nSPS) is 40.7. The number of hydrogen-bond acceptors (Lipinski definition) is 42. The van der Waals surface area contributed by atoms with Gasteiger partial charge in [-0.05, 0) is 6.08 Å². The van der Waals surface area contributed by atoms with Gasteiger partial charge in [-0.25, -0.2) is 0 Å². The second kappa shape index (κ2) is 41.9. The van der Waals surface area contributed by atoms with Gasteiger partial charge in [-0.15, -0.1) is 0 Å². The zero-order valence-corrected chi connectivity index (χ0v) is 50.1. The minimum absolute atomic E-state index is 0. The molecule has 28 N–H and O–H groups in total. The molecule has 0 aromatic rings. The van der Waals surface area contributed by atoms with E-state index in [1.807, 2.05) is 0 Å². The Kier molecular flexibility index (Phi) is 38.1. The minimum Gasteiger partial charge on any atom is -0.547 e. The summed E-state index contributed by atoms with van der Waals surface area (Å²) < 4.78 is 58.5. The standard InChI is InChI=1S/C22H37NO19.C18H32O16.C4H7NO4.C4H5NO3.C3H6.CH4/c23-9(27)1-5(19(34)35)37-18-11(29)10(28)6(2-24)39-22(18)42-17-8(4-26)40-21(15(33)13(17)31)41-16-7(3-25)38-20(36)14(32)12(16)30;19-1-4-7(22)8(23)12(27)17(31-4)34-15-6(3-21)32-18(13(28)10(15)25)33-14-5(2-20)30-16(29)11(26)9(14)24;5-3(7)1-2(6)4(8)9;5-3(6)1-2-4(7)8;1-2-3-1;/h5-8,10-18,20-22,24-26,28-33,36H,1-4H2,(H2,23,27)(H,34,35);4-29H,1-3H2;2,6H,1H2,(H2,5,7)(H,8,9);1-2H,(H2,5,6)(H,7,8);1-3H2;1H4/p-3. The van der Waals surface area contributed by atoms with E-state index < -0.39 is 285 Å². The van der Waals surface area contributed by atoms with E-state index in [-0.39, 0.29) is 7.43 Å². The van der Waals surface area contributed by atoms with Gasteiger partial charge in [-0.2, -0.15) is 0 Å². The number of aliphatic hydroxyl groups excluding tert-OH is 22. The third kappa shape index (κ3) is 25.4. The van der Waals surface area contributed by atoms with Gasteiger partial charge >= 0.3 is 0 Å². The molecule has 6 saturated heterocycles. The first-order valence-electron chi connectivity index (χ1n) is 28.9. The first kappa shape index (κ1) is 88.3. The Bertz CT molecular complexity index is 2380. The maximum absolute atomic E-state index is 11.5. The Morgan fingerprint density at radius 2 is 0.680 bits per heavy atom. The highest BCUT2D eigenvalue weighted by Crippen LogP contribution is 2.35. The van der Waals surface area contributed by atoms with Gasteiger partial charge in [0.15, 0.2) is 37.7 Å². The van der Waals surface area contributed by atoms with Crippen molar-refractivity contribution >= 4 is 35.6 Å². The minimum atomic E-state index is -2.07. The lowest BCUT2D eigenvalue weighted by molar-refractivity contribution is -0.382. The smallest absolute Gasteiger partial charge is 0.241 e. The fourth-order valence-corrected chi connectivity index (χ4v) is 9.23. The second-order valence-electron chi connectivity index (χ2n) is 21.9. The summed E-state index contributed by atoms with van der Waals surface area (Å²) in [4.78, 5) is 61.6. The molecule has 566 valence electrons. The first-order valence-corrected chi connectivity index (χ1v) is 28.9. The highest BCUT2D eigenvalue weighted by molar-refractivity contribution is 5.92. The van der Waals surface area contributed by atoms with E-state index in [0.717, 1.165) is 6.08 Å². The second-order valence-corrected chi connectivity index (χ2v) is 21.9. The third-order valence-corrected chi connectivity index (χ3v) is 14.5. The molecule has 0 spiro atoms. The summed E-state index contributed by atoms with van der Waals surface area (Å²) >= 11 is 0. The fraction of sp³-hybridized carbons (Fsp3) is 0.846. The molecule has 1 saturated carbocycles. The third-order valence-electron chi connectivity index (χ3n) is 14.5. The number of hydrogen-bond donors (Lipinski definition) is 25. The van der Waals surface area contributed by atoms with E-state index >= 15 is 0 Å². The first-order chi connectivity index (χ1) is 45.0. The topological polar surface area (TPSA) is 796 Å². The summed E-state index contributed by atoms with van der Waals surface area (Å²) in [5.41, 5.74) is 14.1. The van der Waals surface area contributed by atoms with Crippen molar-refractivity contribution in [3.63, 3.8) is 0 Å².